The number of benzene rings is 1. The Labute approximate surface area is 135 Å². The summed E-state index contributed by atoms with van der Waals surface area (Å²) in [5, 5.41) is 0. The summed E-state index contributed by atoms with van der Waals surface area (Å²) in [5.74, 6) is 2.08. The highest BCUT2D eigenvalue weighted by Gasteiger charge is 2.15. The Bertz CT molecular complexity index is 588. The summed E-state index contributed by atoms with van der Waals surface area (Å²) in [6, 6.07) is 7.67. The first-order valence-corrected chi connectivity index (χ1v) is 7.76. The van der Waals surface area contributed by atoms with E-state index in [4.69, 9.17) is 18.9 Å². The second-order valence-corrected chi connectivity index (χ2v) is 5.15. The average Bonchev–Trinajstić information content (AvgIpc) is 2.61. The summed E-state index contributed by atoms with van der Waals surface area (Å²) < 4.78 is 22.4. The first kappa shape index (κ1) is 15.6. The lowest BCUT2D eigenvalue weighted by molar-refractivity contribution is 0.0255. The van der Waals surface area contributed by atoms with Gasteiger partial charge in [0.15, 0.2) is 0 Å². The van der Waals surface area contributed by atoms with Gasteiger partial charge in [0.1, 0.15) is 30.8 Å². The summed E-state index contributed by atoms with van der Waals surface area (Å²) in [7, 11) is 0. The van der Waals surface area contributed by atoms with Crippen LogP contribution in [0, 0.1) is 0 Å². The standard InChI is InChI=1S/C17H20N2O4/c1-2-15(21-10-11-22-17-13-18-6-7-19-17)12-16(3-1)23-14-4-8-20-9-5-14/h1-3,6-7,12-14H,4-5,8-11H2. The monoisotopic (exact) mass is 316 g/mol. The van der Waals surface area contributed by atoms with Crippen molar-refractivity contribution in [2.45, 2.75) is 18.9 Å². The van der Waals surface area contributed by atoms with Crippen molar-refractivity contribution < 1.29 is 18.9 Å². The molecular weight excluding hydrogens is 296 g/mol. The predicted octanol–water partition coefficient (Wildman–Crippen LogP) is 2.49. The largest absolute Gasteiger partial charge is 0.490 e. The maximum atomic E-state index is 5.96. The molecule has 1 aromatic carbocycles. The predicted molar refractivity (Wildman–Crippen MR) is 83.9 cm³/mol. The van der Waals surface area contributed by atoms with E-state index >= 15 is 0 Å². The van der Waals surface area contributed by atoms with E-state index in [9.17, 15) is 0 Å². The van der Waals surface area contributed by atoms with Crippen molar-refractivity contribution >= 4 is 0 Å². The smallest absolute Gasteiger partial charge is 0.232 e. The zero-order valence-corrected chi connectivity index (χ0v) is 12.9. The number of rotatable bonds is 7. The van der Waals surface area contributed by atoms with Gasteiger partial charge in [0.25, 0.3) is 0 Å². The minimum atomic E-state index is 0.221. The topological polar surface area (TPSA) is 62.7 Å². The Kier molecular flexibility index (Phi) is 5.64. The highest BCUT2D eigenvalue weighted by molar-refractivity contribution is 5.33. The summed E-state index contributed by atoms with van der Waals surface area (Å²) in [5.41, 5.74) is 0. The SMILES string of the molecule is c1cc(OCCOc2cnccn2)cc(OC2CCOCC2)c1. The first-order chi connectivity index (χ1) is 11.4. The number of nitrogens with zero attached hydrogens (tertiary/aromatic N) is 2. The van der Waals surface area contributed by atoms with Crippen LogP contribution in [0.2, 0.25) is 0 Å². The van der Waals surface area contributed by atoms with Crippen molar-refractivity contribution in [1.82, 2.24) is 9.97 Å². The van der Waals surface area contributed by atoms with Crippen LogP contribution < -0.4 is 14.2 Å². The molecule has 0 atom stereocenters. The Morgan fingerprint density at radius 1 is 1.04 bits per heavy atom. The fraction of sp³-hybridized carbons (Fsp3) is 0.412. The van der Waals surface area contributed by atoms with E-state index in [0.29, 0.717) is 19.1 Å². The van der Waals surface area contributed by atoms with Crippen LogP contribution in [0.25, 0.3) is 0 Å². The Morgan fingerprint density at radius 3 is 2.70 bits per heavy atom. The molecule has 1 aromatic heterocycles. The van der Waals surface area contributed by atoms with E-state index in [1.807, 2.05) is 24.3 Å². The number of hydrogen-bond acceptors (Lipinski definition) is 6. The molecule has 2 heterocycles. The van der Waals surface area contributed by atoms with Crippen molar-refractivity contribution in [1.29, 1.82) is 0 Å². The molecule has 3 rings (SSSR count). The molecule has 1 fully saturated rings. The zero-order chi connectivity index (χ0) is 15.7. The second kappa shape index (κ2) is 8.33. The summed E-state index contributed by atoms with van der Waals surface area (Å²) >= 11 is 0. The quantitative estimate of drug-likeness (QED) is 0.731. The van der Waals surface area contributed by atoms with Crippen molar-refractivity contribution in [2.24, 2.45) is 0 Å². The molecule has 0 radical (unpaired) electrons. The van der Waals surface area contributed by atoms with Gasteiger partial charge in [0.2, 0.25) is 5.88 Å². The third-order valence-electron chi connectivity index (χ3n) is 3.42. The van der Waals surface area contributed by atoms with Gasteiger partial charge in [0, 0.05) is 31.3 Å². The molecule has 0 N–H and O–H groups in total. The Hall–Kier alpha value is -2.34. The molecule has 1 saturated heterocycles. The van der Waals surface area contributed by atoms with Crippen LogP contribution in [0.1, 0.15) is 12.8 Å². The van der Waals surface area contributed by atoms with Crippen LogP contribution >= 0.6 is 0 Å². The van der Waals surface area contributed by atoms with E-state index in [-0.39, 0.29) is 6.10 Å². The second-order valence-electron chi connectivity index (χ2n) is 5.15. The van der Waals surface area contributed by atoms with Gasteiger partial charge in [-0.1, -0.05) is 6.07 Å². The molecule has 0 bridgehead atoms. The van der Waals surface area contributed by atoms with Gasteiger partial charge < -0.3 is 18.9 Å². The maximum Gasteiger partial charge on any atom is 0.232 e. The number of ether oxygens (including phenoxy) is 4. The fourth-order valence-corrected chi connectivity index (χ4v) is 2.29. The highest BCUT2D eigenvalue weighted by atomic mass is 16.5. The van der Waals surface area contributed by atoms with Crippen LogP contribution in [0.3, 0.4) is 0 Å². The molecule has 23 heavy (non-hydrogen) atoms. The third-order valence-corrected chi connectivity index (χ3v) is 3.42. The van der Waals surface area contributed by atoms with Gasteiger partial charge in [-0.05, 0) is 12.1 Å². The van der Waals surface area contributed by atoms with Gasteiger partial charge >= 0.3 is 0 Å². The maximum absolute atomic E-state index is 5.96. The molecule has 122 valence electrons. The minimum Gasteiger partial charge on any atom is -0.490 e. The van der Waals surface area contributed by atoms with Gasteiger partial charge in [-0.2, -0.15) is 0 Å². The molecule has 0 unspecified atom stereocenters. The van der Waals surface area contributed by atoms with E-state index in [1.54, 1.807) is 18.6 Å². The zero-order valence-electron chi connectivity index (χ0n) is 12.9. The van der Waals surface area contributed by atoms with Gasteiger partial charge in [-0.3, -0.25) is 4.98 Å². The lowest BCUT2D eigenvalue weighted by atomic mass is 10.1. The van der Waals surface area contributed by atoms with Crippen molar-refractivity contribution in [2.75, 3.05) is 26.4 Å². The van der Waals surface area contributed by atoms with Crippen molar-refractivity contribution in [3.8, 4) is 17.4 Å². The average molecular weight is 316 g/mol. The Balaban J connectivity index is 1.43. The highest BCUT2D eigenvalue weighted by Crippen LogP contribution is 2.22. The molecule has 0 saturated carbocycles. The summed E-state index contributed by atoms with van der Waals surface area (Å²) in [4.78, 5) is 7.97. The molecule has 2 aromatic rings. The van der Waals surface area contributed by atoms with Gasteiger partial charge in [-0.15, -0.1) is 0 Å². The van der Waals surface area contributed by atoms with Gasteiger partial charge in [-0.25, -0.2) is 4.98 Å². The molecule has 6 heteroatoms. The number of aromatic nitrogens is 2. The lowest BCUT2D eigenvalue weighted by Gasteiger charge is -2.23. The van der Waals surface area contributed by atoms with Crippen LogP contribution in [0.15, 0.2) is 42.9 Å². The minimum absolute atomic E-state index is 0.221. The molecular formula is C17H20N2O4. The molecule has 1 aliphatic rings. The summed E-state index contributed by atoms with van der Waals surface area (Å²) in [6.45, 7) is 2.36. The number of hydrogen-bond donors (Lipinski definition) is 0. The van der Waals surface area contributed by atoms with E-state index in [2.05, 4.69) is 9.97 Å². The van der Waals surface area contributed by atoms with Gasteiger partial charge in [0.05, 0.1) is 19.4 Å². The van der Waals surface area contributed by atoms with Crippen LogP contribution in [0.5, 0.6) is 17.4 Å². The molecule has 1 aliphatic heterocycles. The van der Waals surface area contributed by atoms with E-state index in [0.717, 1.165) is 37.6 Å². The first-order valence-electron chi connectivity index (χ1n) is 7.76. The van der Waals surface area contributed by atoms with Crippen LogP contribution in [0.4, 0.5) is 0 Å². The van der Waals surface area contributed by atoms with Crippen molar-refractivity contribution in [3.63, 3.8) is 0 Å². The van der Waals surface area contributed by atoms with E-state index < -0.39 is 0 Å². The van der Waals surface area contributed by atoms with Crippen LogP contribution in [-0.4, -0.2) is 42.5 Å². The Morgan fingerprint density at radius 2 is 1.87 bits per heavy atom. The molecule has 6 nitrogen and oxygen atoms in total. The van der Waals surface area contributed by atoms with E-state index in [1.165, 1.54) is 0 Å². The van der Waals surface area contributed by atoms with Crippen LogP contribution in [-0.2, 0) is 4.74 Å². The lowest BCUT2D eigenvalue weighted by Crippen LogP contribution is -2.25. The summed E-state index contributed by atoms with van der Waals surface area (Å²) in [6.07, 6.45) is 6.84. The molecule has 0 aliphatic carbocycles. The van der Waals surface area contributed by atoms with Crippen molar-refractivity contribution in [3.05, 3.63) is 42.9 Å². The third kappa shape index (κ3) is 5.10. The normalized spacial score (nSPS) is 15.1. The fourth-order valence-electron chi connectivity index (χ4n) is 2.29. The molecule has 0 amide bonds. The molecule has 0 spiro atoms.